The van der Waals surface area contributed by atoms with Crippen LogP contribution >= 0.6 is 0 Å². The Morgan fingerprint density at radius 1 is 1.00 bits per heavy atom. The van der Waals surface area contributed by atoms with Crippen molar-refractivity contribution in [2.24, 2.45) is 0 Å². The molecule has 2 aliphatic heterocycles. The number of β-amino-alcohol motifs (C(OH)–C–C–N with tert-alkyl or cyclic N) is 1. The number of likely N-dealkylation sites (tertiary alicyclic amines) is 1. The highest BCUT2D eigenvalue weighted by molar-refractivity contribution is 6.01. The Bertz CT molecular complexity index is 968. The van der Waals surface area contributed by atoms with Crippen LogP contribution in [0.15, 0.2) is 54.6 Å². The Balaban J connectivity index is 1.20. The molecule has 2 aromatic rings. The summed E-state index contributed by atoms with van der Waals surface area (Å²) in [5.41, 5.74) is 0.293. The summed E-state index contributed by atoms with van der Waals surface area (Å²) in [7, 11) is 1.63. The summed E-state index contributed by atoms with van der Waals surface area (Å²) >= 11 is 0. The lowest BCUT2D eigenvalue weighted by molar-refractivity contribution is -0.125. The molecule has 4 rings (SSSR count). The summed E-state index contributed by atoms with van der Waals surface area (Å²) in [6.07, 6.45) is 2.24. The fourth-order valence-electron chi connectivity index (χ4n) is 4.44. The van der Waals surface area contributed by atoms with E-state index in [9.17, 15) is 14.7 Å². The van der Waals surface area contributed by atoms with Crippen LogP contribution in [-0.2, 0) is 11.3 Å². The number of aliphatic hydroxyl groups is 1. The molecular weight excluding hydrogens is 434 g/mol. The quantitative estimate of drug-likeness (QED) is 0.427. The third kappa shape index (κ3) is 6.27. The van der Waals surface area contributed by atoms with Gasteiger partial charge in [-0.05, 0) is 55.6 Å². The number of piperidine rings is 1. The van der Waals surface area contributed by atoms with E-state index < -0.39 is 5.60 Å². The third-order valence-corrected chi connectivity index (χ3v) is 6.24. The topological polar surface area (TPSA) is 82.6 Å². The Kier molecular flexibility index (Phi) is 7.70. The van der Waals surface area contributed by atoms with Crippen LogP contribution in [0, 0.1) is 0 Å². The molecule has 0 bridgehead atoms. The number of nitrogens with zero attached hydrogens (tertiary/aromatic N) is 3. The maximum atomic E-state index is 11.9. The molecule has 8 heteroatoms. The van der Waals surface area contributed by atoms with Gasteiger partial charge in [0.15, 0.2) is 0 Å². The molecule has 1 atom stereocenters. The molecule has 0 spiro atoms. The summed E-state index contributed by atoms with van der Waals surface area (Å²) in [5, 5.41) is 11.0. The van der Waals surface area contributed by atoms with Gasteiger partial charge < -0.3 is 19.5 Å². The monoisotopic (exact) mass is 467 g/mol. The molecule has 34 heavy (non-hydrogen) atoms. The minimum Gasteiger partial charge on any atom is -0.494 e. The molecule has 1 N–H and O–H groups in total. The number of hydrogen-bond donors (Lipinski definition) is 1. The van der Waals surface area contributed by atoms with Gasteiger partial charge in [0, 0.05) is 26.7 Å². The lowest BCUT2D eigenvalue weighted by Gasteiger charge is -2.39. The number of carbonyl (C=O) groups excluding carboxylic acids is 2. The SMILES string of the molecule is CN1CC(=O)N(CCCOc2ccc(CN3CCC[C@](O)(COc4ccccc4)C3)cc2)C1=O. The van der Waals surface area contributed by atoms with E-state index in [4.69, 9.17) is 9.47 Å². The van der Waals surface area contributed by atoms with Gasteiger partial charge in [-0.25, -0.2) is 4.79 Å². The largest absolute Gasteiger partial charge is 0.494 e. The maximum Gasteiger partial charge on any atom is 0.326 e. The van der Waals surface area contributed by atoms with Crippen molar-refractivity contribution in [1.29, 1.82) is 0 Å². The molecule has 0 aromatic heterocycles. The molecule has 2 aromatic carbocycles. The van der Waals surface area contributed by atoms with E-state index in [1.54, 1.807) is 7.05 Å². The average Bonchev–Trinajstić information content (AvgIpc) is 3.08. The van der Waals surface area contributed by atoms with Crippen molar-refractivity contribution >= 4 is 11.9 Å². The van der Waals surface area contributed by atoms with Gasteiger partial charge in [0.25, 0.3) is 0 Å². The molecule has 0 aliphatic carbocycles. The predicted octanol–water partition coefficient (Wildman–Crippen LogP) is 2.76. The molecule has 182 valence electrons. The van der Waals surface area contributed by atoms with Crippen LogP contribution in [0.2, 0.25) is 0 Å². The van der Waals surface area contributed by atoms with Crippen LogP contribution in [0.3, 0.4) is 0 Å². The summed E-state index contributed by atoms with van der Waals surface area (Å²) < 4.78 is 11.6. The van der Waals surface area contributed by atoms with Crippen LogP contribution in [0.25, 0.3) is 0 Å². The number of benzene rings is 2. The fourth-order valence-corrected chi connectivity index (χ4v) is 4.44. The summed E-state index contributed by atoms with van der Waals surface area (Å²) in [6.45, 7) is 3.49. The van der Waals surface area contributed by atoms with Gasteiger partial charge in [0.05, 0.1) is 6.61 Å². The number of amides is 3. The molecule has 3 amide bonds. The number of ether oxygens (including phenoxy) is 2. The van der Waals surface area contributed by atoms with Crippen LogP contribution in [0.1, 0.15) is 24.8 Å². The van der Waals surface area contributed by atoms with Crippen molar-refractivity contribution in [3.8, 4) is 11.5 Å². The molecular formula is C26H33N3O5. The number of urea groups is 1. The van der Waals surface area contributed by atoms with E-state index in [0.717, 1.165) is 43.0 Å². The first-order valence-electron chi connectivity index (χ1n) is 11.8. The molecule has 2 saturated heterocycles. The fraction of sp³-hybridized carbons (Fsp3) is 0.462. The van der Waals surface area contributed by atoms with Gasteiger partial charge in [-0.15, -0.1) is 0 Å². The number of carbonyl (C=O) groups is 2. The van der Waals surface area contributed by atoms with Crippen LogP contribution < -0.4 is 9.47 Å². The van der Waals surface area contributed by atoms with E-state index >= 15 is 0 Å². The smallest absolute Gasteiger partial charge is 0.326 e. The van der Waals surface area contributed by atoms with E-state index in [-0.39, 0.29) is 25.1 Å². The number of para-hydroxylation sites is 1. The van der Waals surface area contributed by atoms with Crippen LogP contribution in [-0.4, -0.2) is 83.8 Å². The van der Waals surface area contributed by atoms with Gasteiger partial charge in [-0.1, -0.05) is 30.3 Å². The number of rotatable bonds is 10. The van der Waals surface area contributed by atoms with Gasteiger partial charge >= 0.3 is 6.03 Å². The third-order valence-electron chi connectivity index (χ3n) is 6.24. The van der Waals surface area contributed by atoms with Crippen molar-refractivity contribution in [1.82, 2.24) is 14.7 Å². The van der Waals surface area contributed by atoms with Gasteiger partial charge in [0.2, 0.25) is 5.91 Å². The lowest BCUT2D eigenvalue weighted by atomic mass is 9.93. The summed E-state index contributed by atoms with van der Waals surface area (Å²) in [6, 6.07) is 17.3. The van der Waals surface area contributed by atoms with E-state index in [1.165, 1.54) is 9.80 Å². The van der Waals surface area contributed by atoms with Crippen molar-refractivity contribution in [2.75, 3.05) is 46.4 Å². The first-order chi connectivity index (χ1) is 16.4. The Labute approximate surface area is 200 Å². The highest BCUT2D eigenvalue weighted by Crippen LogP contribution is 2.25. The Hall–Kier alpha value is -3.10. The van der Waals surface area contributed by atoms with Crippen molar-refractivity contribution in [3.63, 3.8) is 0 Å². The van der Waals surface area contributed by atoms with Crippen LogP contribution in [0.4, 0.5) is 4.79 Å². The van der Waals surface area contributed by atoms with Gasteiger partial charge in [-0.3, -0.25) is 14.6 Å². The average molecular weight is 468 g/mol. The second-order valence-corrected chi connectivity index (χ2v) is 9.17. The highest BCUT2D eigenvalue weighted by atomic mass is 16.5. The Morgan fingerprint density at radius 2 is 1.74 bits per heavy atom. The molecule has 8 nitrogen and oxygen atoms in total. The highest BCUT2D eigenvalue weighted by Gasteiger charge is 2.34. The van der Waals surface area contributed by atoms with E-state index in [0.29, 0.717) is 26.1 Å². The molecule has 0 radical (unpaired) electrons. The predicted molar refractivity (Wildman–Crippen MR) is 128 cm³/mol. The summed E-state index contributed by atoms with van der Waals surface area (Å²) in [5.74, 6) is 1.37. The van der Waals surface area contributed by atoms with Gasteiger partial charge in [-0.2, -0.15) is 0 Å². The van der Waals surface area contributed by atoms with Crippen molar-refractivity contribution in [3.05, 3.63) is 60.2 Å². The minimum absolute atomic E-state index is 0.148. The number of imide groups is 1. The molecule has 2 heterocycles. The first kappa shape index (κ1) is 24.0. The molecule has 0 unspecified atom stereocenters. The minimum atomic E-state index is -0.857. The first-order valence-corrected chi connectivity index (χ1v) is 11.8. The van der Waals surface area contributed by atoms with Gasteiger partial charge in [0.1, 0.15) is 30.3 Å². The zero-order chi connectivity index (χ0) is 24.0. The number of hydrogen-bond acceptors (Lipinski definition) is 6. The Morgan fingerprint density at radius 3 is 2.44 bits per heavy atom. The van der Waals surface area contributed by atoms with Crippen molar-refractivity contribution in [2.45, 2.75) is 31.4 Å². The number of likely N-dealkylation sites (N-methyl/N-ethyl adjacent to an activating group) is 1. The zero-order valence-corrected chi connectivity index (χ0v) is 19.7. The molecule has 2 aliphatic rings. The standard InChI is InChI=1S/C26H33N3O5/c1-27-18-24(30)29(25(27)31)15-6-16-33-23-11-9-21(10-12-23)17-28-14-5-13-26(32,19-28)20-34-22-7-3-2-4-8-22/h2-4,7-12,32H,5-6,13-20H2,1H3/t26-/m1/s1. The lowest BCUT2D eigenvalue weighted by Crippen LogP contribution is -2.51. The maximum absolute atomic E-state index is 11.9. The van der Waals surface area contributed by atoms with E-state index in [1.807, 2.05) is 54.6 Å². The second kappa shape index (κ2) is 10.9. The normalized spacial score (nSPS) is 21.2. The molecule has 0 saturated carbocycles. The van der Waals surface area contributed by atoms with Crippen molar-refractivity contribution < 1.29 is 24.2 Å². The second-order valence-electron chi connectivity index (χ2n) is 9.17. The zero-order valence-electron chi connectivity index (χ0n) is 19.7. The van der Waals surface area contributed by atoms with E-state index in [2.05, 4.69) is 4.90 Å². The molecule has 2 fully saturated rings. The van der Waals surface area contributed by atoms with Crippen LogP contribution in [0.5, 0.6) is 11.5 Å². The summed E-state index contributed by atoms with van der Waals surface area (Å²) in [4.78, 5) is 28.6.